The molecule has 1 saturated heterocycles. The zero-order chi connectivity index (χ0) is 16.0. The third-order valence-corrected chi connectivity index (χ3v) is 6.37. The number of nitrogens with one attached hydrogen (secondary N) is 1. The van der Waals surface area contributed by atoms with E-state index in [1.54, 1.807) is 0 Å². The van der Waals surface area contributed by atoms with Crippen LogP contribution in [0, 0.1) is 11.8 Å². The molecule has 2 rings (SSSR count). The van der Waals surface area contributed by atoms with Gasteiger partial charge in [-0.3, -0.25) is 4.79 Å². The summed E-state index contributed by atoms with van der Waals surface area (Å²) < 4.78 is 26.7. The molecular weight excluding hydrogens is 302 g/mol. The van der Waals surface area contributed by atoms with Crippen LogP contribution in [0.4, 0.5) is 0 Å². The molecule has 1 unspecified atom stereocenters. The maximum atomic E-state index is 12.0. The van der Waals surface area contributed by atoms with Gasteiger partial charge >= 0.3 is 0 Å². The highest BCUT2D eigenvalue weighted by Gasteiger charge is 2.24. The van der Waals surface area contributed by atoms with Crippen molar-refractivity contribution in [2.45, 2.75) is 44.9 Å². The molecular formula is C15H29N3O3S. The van der Waals surface area contributed by atoms with Gasteiger partial charge in [-0.2, -0.15) is 0 Å². The third-order valence-electron chi connectivity index (χ3n) is 4.81. The quantitative estimate of drug-likeness (QED) is 0.640. The minimum absolute atomic E-state index is 0.0483. The topological polar surface area (TPSA) is 92.5 Å². The predicted octanol–water partition coefficient (Wildman–Crippen LogP) is 0.683. The highest BCUT2D eigenvalue weighted by atomic mass is 32.2. The van der Waals surface area contributed by atoms with Gasteiger partial charge < -0.3 is 10.6 Å². The standard InChI is InChI=1S/C15H29N3O3S/c16-15(19)14-7-3-9-18(11-14)10-4-8-17-22(20,21)12-13-5-1-2-6-13/h13-14,17H,1-12H2,(H2,16,19). The number of hydrogen-bond acceptors (Lipinski definition) is 4. The van der Waals surface area contributed by atoms with Crippen LogP contribution in [0.25, 0.3) is 0 Å². The van der Waals surface area contributed by atoms with Gasteiger partial charge in [-0.15, -0.1) is 0 Å². The SMILES string of the molecule is NC(=O)C1CCCN(CCCNS(=O)(=O)CC2CCCC2)C1. The molecule has 22 heavy (non-hydrogen) atoms. The van der Waals surface area contributed by atoms with Gasteiger partial charge in [0.1, 0.15) is 0 Å². The Hall–Kier alpha value is -0.660. The van der Waals surface area contributed by atoms with Gasteiger partial charge in [0.25, 0.3) is 0 Å². The van der Waals surface area contributed by atoms with E-state index >= 15 is 0 Å². The largest absolute Gasteiger partial charge is 0.369 e. The first kappa shape index (κ1) is 17.7. The normalized spacial score (nSPS) is 24.6. The van der Waals surface area contributed by atoms with E-state index in [0.717, 1.165) is 58.0 Å². The molecule has 2 aliphatic rings. The second kappa shape index (κ2) is 8.26. The van der Waals surface area contributed by atoms with Gasteiger partial charge in [-0.25, -0.2) is 13.1 Å². The number of carbonyl (C=O) groups is 1. The summed E-state index contributed by atoms with van der Waals surface area (Å²) in [5.41, 5.74) is 5.36. The number of piperidine rings is 1. The molecule has 0 aromatic heterocycles. The second-order valence-electron chi connectivity index (χ2n) is 6.72. The summed E-state index contributed by atoms with van der Waals surface area (Å²) in [6.45, 7) is 2.98. The molecule has 1 saturated carbocycles. The summed E-state index contributed by atoms with van der Waals surface area (Å²) in [7, 11) is -3.13. The average molecular weight is 331 g/mol. The van der Waals surface area contributed by atoms with Crippen LogP contribution >= 0.6 is 0 Å². The molecule has 0 radical (unpaired) electrons. The van der Waals surface area contributed by atoms with Crippen molar-refractivity contribution in [2.24, 2.45) is 17.6 Å². The lowest BCUT2D eigenvalue weighted by atomic mass is 9.97. The lowest BCUT2D eigenvalue weighted by Crippen LogP contribution is -2.42. The molecule has 1 amide bonds. The zero-order valence-corrected chi connectivity index (χ0v) is 14.1. The average Bonchev–Trinajstić information content (AvgIpc) is 2.96. The molecule has 0 aromatic carbocycles. The maximum Gasteiger partial charge on any atom is 0.221 e. The molecule has 1 aliphatic heterocycles. The van der Waals surface area contributed by atoms with Gasteiger partial charge in [-0.05, 0) is 51.1 Å². The number of nitrogens with zero attached hydrogens (tertiary/aromatic N) is 1. The Balaban J connectivity index is 1.62. The van der Waals surface area contributed by atoms with Gasteiger partial charge in [0.2, 0.25) is 15.9 Å². The van der Waals surface area contributed by atoms with E-state index in [1.807, 2.05) is 0 Å². The third kappa shape index (κ3) is 5.85. The van der Waals surface area contributed by atoms with Gasteiger partial charge in [0.05, 0.1) is 11.7 Å². The van der Waals surface area contributed by atoms with E-state index in [9.17, 15) is 13.2 Å². The van der Waals surface area contributed by atoms with Crippen LogP contribution in [0.1, 0.15) is 44.9 Å². The fraction of sp³-hybridized carbons (Fsp3) is 0.933. The minimum Gasteiger partial charge on any atom is -0.369 e. The van der Waals surface area contributed by atoms with Crippen LogP contribution in [0.5, 0.6) is 0 Å². The lowest BCUT2D eigenvalue weighted by molar-refractivity contribution is -0.123. The molecule has 0 aromatic rings. The Morgan fingerprint density at radius 3 is 2.59 bits per heavy atom. The molecule has 7 heteroatoms. The number of rotatable bonds is 8. The lowest BCUT2D eigenvalue weighted by Gasteiger charge is -2.31. The predicted molar refractivity (Wildman–Crippen MR) is 86.7 cm³/mol. The Kier molecular flexibility index (Phi) is 6.65. The first-order valence-corrected chi connectivity index (χ1v) is 10.1. The van der Waals surface area contributed by atoms with Gasteiger partial charge in [0, 0.05) is 13.1 Å². The smallest absolute Gasteiger partial charge is 0.221 e. The summed E-state index contributed by atoms with van der Waals surface area (Å²) in [6, 6.07) is 0. The number of hydrogen-bond donors (Lipinski definition) is 2. The van der Waals surface area contributed by atoms with E-state index in [1.165, 1.54) is 0 Å². The fourth-order valence-corrected chi connectivity index (χ4v) is 5.09. The number of nitrogens with two attached hydrogens (primary N) is 1. The summed E-state index contributed by atoms with van der Waals surface area (Å²) in [5, 5.41) is 0. The summed E-state index contributed by atoms with van der Waals surface area (Å²) in [4.78, 5) is 13.4. The Morgan fingerprint density at radius 1 is 1.18 bits per heavy atom. The molecule has 1 heterocycles. The number of likely N-dealkylation sites (tertiary alicyclic amines) is 1. The van der Waals surface area contributed by atoms with Crippen molar-refractivity contribution in [2.75, 3.05) is 31.9 Å². The van der Waals surface area contributed by atoms with Crippen molar-refractivity contribution in [3.05, 3.63) is 0 Å². The van der Waals surface area contributed by atoms with Crippen LogP contribution in [-0.4, -0.2) is 51.2 Å². The van der Waals surface area contributed by atoms with Crippen molar-refractivity contribution in [1.29, 1.82) is 0 Å². The van der Waals surface area contributed by atoms with Crippen molar-refractivity contribution in [3.63, 3.8) is 0 Å². The molecule has 128 valence electrons. The Bertz CT molecular complexity index is 461. The maximum absolute atomic E-state index is 12.0. The second-order valence-corrected chi connectivity index (χ2v) is 8.57. The van der Waals surface area contributed by atoms with Crippen molar-refractivity contribution < 1.29 is 13.2 Å². The molecule has 0 spiro atoms. The number of sulfonamides is 1. The molecule has 1 atom stereocenters. The van der Waals surface area contributed by atoms with Crippen molar-refractivity contribution in [1.82, 2.24) is 9.62 Å². The monoisotopic (exact) mass is 331 g/mol. The minimum atomic E-state index is -3.13. The summed E-state index contributed by atoms with van der Waals surface area (Å²) in [6.07, 6.45) is 7.05. The fourth-order valence-electron chi connectivity index (χ4n) is 3.57. The van der Waals surface area contributed by atoms with Crippen LogP contribution < -0.4 is 10.5 Å². The molecule has 0 bridgehead atoms. The van der Waals surface area contributed by atoms with Crippen molar-refractivity contribution in [3.8, 4) is 0 Å². The van der Waals surface area contributed by atoms with Gasteiger partial charge in [-0.1, -0.05) is 12.8 Å². The van der Waals surface area contributed by atoms with Crippen LogP contribution in [0.15, 0.2) is 0 Å². The summed E-state index contributed by atoms with van der Waals surface area (Å²) in [5.74, 6) is 0.353. The van der Waals surface area contributed by atoms with E-state index in [-0.39, 0.29) is 17.6 Å². The van der Waals surface area contributed by atoms with E-state index < -0.39 is 10.0 Å². The van der Waals surface area contributed by atoms with Gasteiger partial charge in [0.15, 0.2) is 0 Å². The van der Waals surface area contributed by atoms with E-state index in [4.69, 9.17) is 5.73 Å². The number of amides is 1. The summed E-state index contributed by atoms with van der Waals surface area (Å²) >= 11 is 0. The first-order valence-electron chi connectivity index (χ1n) is 8.45. The Morgan fingerprint density at radius 2 is 1.91 bits per heavy atom. The highest BCUT2D eigenvalue weighted by molar-refractivity contribution is 7.89. The Labute approximate surface area is 133 Å². The van der Waals surface area contributed by atoms with Crippen molar-refractivity contribution >= 4 is 15.9 Å². The number of carbonyl (C=O) groups excluding carboxylic acids is 1. The van der Waals surface area contributed by atoms with Crippen LogP contribution in [0.3, 0.4) is 0 Å². The molecule has 3 N–H and O–H groups in total. The van der Waals surface area contributed by atoms with E-state index in [0.29, 0.717) is 19.0 Å². The van der Waals surface area contributed by atoms with E-state index in [2.05, 4.69) is 9.62 Å². The van der Waals surface area contributed by atoms with Crippen LogP contribution in [-0.2, 0) is 14.8 Å². The zero-order valence-electron chi connectivity index (χ0n) is 13.3. The number of primary amides is 1. The first-order chi connectivity index (χ1) is 10.5. The highest BCUT2D eigenvalue weighted by Crippen LogP contribution is 2.25. The molecule has 6 nitrogen and oxygen atoms in total. The molecule has 2 fully saturated rings. The molecule has 1 aliphatic carbocycles. The van der Waals surface area contributed by atoms with Crippen LogP contribution in [0.2, 0.25) is 0 Å².